The van der Waals surface area contributed by atoms with E-state index in [9.17, 15) is 10.1 Å². The smallest absolute Gasteiger partial charge is 0.273 e. The molecule has 2 N–H and O–H groups in total. The molecule has 0 bridgehead atoms. The first-order chi connectivity index (χ1) is 9.50. The monoisotopic (exact) mass is 297 g/mol. The van der Waals surface area contributed by atoms with Crippen LogP contribution in [0.2, 0.25) is 0 Å². The number of nitrogens with one attached hydrogen (secondary N) is 2. The first-order valence-corrected chi connectivity index (χ1v) is 7.99. The summed E-state index contributed by atoms with van der Waals surface area (Å²) < 4.78 is 0.171. The van der Waals surface area contributed by atoms with E-state index in [4.69, 9.17) is 0 Å². The predicted octanol–water partition coefficient (Wildman–Crippen LogP) is 3.97. The van der Waals surface area contributed by atoms with Crippen molar-refractivity contribution in [1.82, 2.24) is 0 Å². The number of nitro benzene ring substituents is 1. The Hall–Kier alpha value is -1.43. The molecule has 0 aliphatic rings. The molecule has 20 heavy (non-hydrogen) atoms. The average molecular weight is 297 g/mol. The van der Waals surface area contributed by atoms with Crippen LogP contribution in [0.5, 0.6) is 0 Å². The summed E-state index contributed by atoms with van der Waals surface area (Å²) in [5.41, 5.74) is 1.62. The Morgan fingerprint density at radius 3 is 2.30 bits per heavy atom. The van der Waals surface area contributed by atoms with E-state index < -0.39 is 0 Å². The maximum Gasteiger partial charge on any atom is 0.273 e. The first-order valence-electron chi connectivity index (χ1n) is 6.76. The molecule has 0 aliphatic carbocycles. The van der Waals surface area contributed by atoms with Crippen molar-refractivity contribution in [3.8, 4) is 0 Å². The zero-order valence-electron chi connectivity index (χ0n) is 12.5. The predicted molar refractivity (Wildman–Crippen MR) is 88.0 cm³/mol. The number of thioether (sulfide) groups is 1. The second kappa shape index (κ2) is 7.38. The zero-order valence-corrected chi connectivity index (χ0v) is 13.3. The molecule has 0 amide bonds. The minimum absolute atomic E-state index is 0.0992. The van der Waals surface area contributed by atoms with Crippen molar-refractivity contribution in [3.63, 3.8) is 0 Å². The van der Waals surface area contributed by atoms with E-state index in [0.717, 1.165) is 30.8 Å². The van der Waals surface area contributed by atoms with Crippen LogP contribution in [0.3, 0.4) is 0 Å². The van der Waals surface area contributed by atoms with Crippen molar-refractivity contribution < 1.29 is 4.92 Å². The summed E-state index contributed by atoms with van der Waals surface area (Å²) in [6, 6.07) is 5.01. The van der Waals surface area contributed by atoms with Crippen molar-refractivity contribution in [1.29, 1.82) is 0 Å². The van der Waals surface area contributed by atoms with Crippen molar-refractivity contribution in [2.75, 3.05) is 30.5 Å². The second-order valence-corrected chi connectivity index (χ2v) is 6.00. The molecule has 0 aliphatic heterocycles. The van der Waals surface area contributed by atoms with E-state index in [0.29, 0.717) is 0 Å². The molecule has 1 rings (SSSR count). The number of benzene rings is 1. The normalized spacial score (nSPS) is 11.2. The van der Waals surface area contributed by atoms with Crippen LogP contribution in [0, 0.1) is 10.1 Å². The van der Waals surface area contributed by atoms with Gasteiger partial charge in [-0.05, 0) is 25.2 Å². The Morgan fingerprint density at radius 2 is 1.85 bits per heavy atom. The van der Waals surface area contributed by atoms with Gasteiger partial charge in [0, 0.05) is 41.8 Å². The lowest BCUT2D eigenvalue weighted by molar-refractivity contribution is -0.384. The number of nitro groups is 1. The highest BCUT2D eigenvalue weighted by atomic mass is 32.2. The van der Waals surface area contributed by atoms with Crippen LogP contribution in [0.15, 0.2) is 18.2 Å². The fourth-order valence-electron chi connectivity index (χ4n) is 2.09. The molecule has 0 saturated heterocycles. The van der Waals surface area contributed by atoms with Crippen LogP contribution in [0.4, 0.5) is 17.1 Å². The lowest BCUT2D eigenvalue weighted by Crippen LogP contribution is -2.32. The summed E-state index contributed by atoms with van der Waals surface area (Å²) in [5.74, 6) is 0. The van der Waals surface area contributed by atoms with Gasteiger partial charge in [0.1, 0.15) is 0 Å². The molecule has 0 radical (unpaired) electrons. The Balaban J connectivity index is 2.91. The van der Waals surface area contributed by atoms with Crippen LogP contribution in [0.1, 0.15) is 26.7 Å². The largest absolute Gasteiger partial charge is 0.388 e. The Bertz CT molecular complexity index is 453. The molecule has 6 heteroatoms. The Labute approximate surface area is 124 Å². The van der Waals surface area contributed by atoms with E-state index in [2.05, 4.69) is 30.7 Å². The number of hydrogen-bond donors (Lipinski definition) is 2. The number of rotatable bonds is 8. The molecule has 0 heterocycles. The number of anilines is 2. The van der Waals surface area contributed by atoms with Crippen molar-refractivity contribution >= 4 is 28.8 Å². The molecule has 0 aromatic heterocycles. The molecule has 1 aromatic carbocycles. The molecule has 0 fully saturated rings. The van der Waals surface area contributed by atoms with E-state index in [1.807, 2.05) is 17.8 Å². The highest BCUT2D eigenvalue weighted by Crippen LogP contribution is 2.31. The van der Waals surface area contributed by atoms with Gasteiger partial charge in [0.05, 0.1) is 4.92 Å². The summed E-state index contributed by atoms with van der Waals surface area (Å²) in [6.07, 6.45) is 4.23. The molecule has 0 spiro atoms. The number of hydrogen-bond acceptors (Lipinski definition) is 5. The van der Waals surface area contributed by atoms with Gasteiger partial charge in [-0.2, -0.15) is 11.8 Å². The van der Waals surface area contributed by atoms with Gasteiger partial charge in [-0.1, -0.05) is 13.8 Å². The van der Waals surface area contributed by atoms with Gasteiger partial charge in [0.2, 0.25) is 0 Å². The zero-order chi connectivity index (χ0) is 15.2. The van der Waals surface area contributed by atoms with Gasteiger partial charge in [-0.15, -0.1) is 0 Å². The Morgan fingerprint density at radius 1 is 1.25 bits per heavy atom. The molecule has 1 aromatic rings. The fourth-order valence-corrected chi connectivity index (χ4v) is 2.88. The van der Waals surface area contributed by atoms with Crippen LogP contribution < -0.4 is 10.6 Å². The van der Waals surface area contributed by atoms with Crippen molar-refractivity contribution in [2.45, 2.75) is 31.4 Å². The number of non-ortho nitro benzene ring substituents is 1. The van der Waals surface area contributed by atoms with Gasteiger partial charge < -0.3 is 10.6 Å². The van der Waals surface area contributed by atoms with E-state index in [-0.39, 0.29) is 15.4 Å². The van der Waals surface area contributed by atoms with Gasteiger partial charge in [-0.25, -0.2) is 0 Å². The third-order valence-corrected chi connectivity index (χ3v) is 5.34. The molecule has 0 saturated carbocycles. The van der Waals surface area contributed by atoms with Crippen LogP contribution >= 0.6 is 11.8 Å². The highest BCUT2D eigenvalue weighted by Gasteiger charge is 2.24. The van der Waals surface area contributed by atoms with Gasteiger partial charge in [0.25, 0.3) is 5.69 Å². The third kappa shape index (κ3) is 4.03. The molecule has 112 valence electrons. The third-order valence-electron chi connectivity index (χ3n) is 3.75. The van der Waals surface area contributed by atoms with E-state index in [1.54, 1.807) is 13.1 Å². The number of nitrogens with zero attached hydrogens (tertiary/aromatic N) is 1. The first kappa shape index (κ1) is 16.6. The van der Waals surface area contributed by atoms with Crippen LogP contribution in [0.25, 0.3) is 0 Å². The summed E-state index contributed by atoms with van der Waals surface area (Å²) in [6.45, 7) is 5.15. The topological polar surface area (TPSA) is 67.2 Å². The average Bonchev–Trinajstić information content (AvgIpc) is 2.48. The molecule has 5 nitrogen and oxygen atoms in total. The quantitative estimate of drug-likeness (QED) is 0.561. The van der Waals surface area contributed by atoms with Gasteiger partial charge in [-0.3, -0.25) is 10.1 Å². The van der Waals surface area contributed by atoms with Crippen molar-refractivity contribution in [2.24, 2.45) is 0 Å². The maximum atomic E-state index is 10.9. The lowest BCUT2D eigenvalue weighted by atomic mass is 10.0. The summed E-state index contributed by atoms with van der Waals surface area (Å²) in [4.78, 5) is 10.6. The van der Waals surface area contributed by atoms with Crippen molar-refractivity contribution in [3.05, 3.63) is 28.3 Å². The highest BCUT2D eigenvalue weighted by molar-refractivity contribution is 8.00. The fraction of sp³-hybridized carbons (Fsp3) is 0.571. The lowest BCUT2D eigenvalue weighted by Gasteiger charge is -2.30. The second-order valence-electron chi connectivity index (χ2n) is 4.72. The van der Waals surface area contributed by atoms with Crippen LogP contribution in [-0.2, 0) is 0 Å². The molecular weight excluding hydrogens is 274 g/mol. The van der Waals surface area contributed by atoms with Crippen LogP contribution in [-0.4, -0.2) is 29.5 Å². The summed E-state index contributed by atoms with van der Waals surface area (Å²) in [7, 11) is 1.76. The van der Waals surface area contributed by atoms with Gasteiger partial charge >= 0.3 is 0 Å². The molecule has 0 atom stereocenters. The summed E-state index contributed by atoms with van der Waals surface area (Å²) in [5, 5.41) is 17.2. The van der Waals surface area contributed by atoms with E-state index >= 15 is 0 Å². The molecular formula is C14H23N3O2S. The summed E-state index contributed by atoms with van der Waals surface area (Å²) >= 11 is 1.85. The van der Waals surface area contributed by atoms with Gasteiger partial charge in [0.15, 0.2) is 0 Å². The minimum atomic E-state index is -0.368. The van der Waals surface area contributed by atoms with E-state index in [1.165, 1.54) is 6.07 Å². The maximum absolute atomic E-state index is 10.9. The SMILES string of the molecule is CCC(CC)(CNc1cc(NC)cc([N+](=O)[O-])c1)SC. The Kier molecular flexibility index (Phi) is 6.13. The minimum Gasteiger partial charge on any atom is -0.388 e. The standard InChI is InChI=1S/C14H23N3O2S/c1-5-14(6-2,20-4)10-16-12-7-11(15-3)8-13(9-12)17(18)19/h7-9,15-16H,5-6,10H2,1-4H3. The molecule has 0 unspecified atom stereocenters.